The summed E-state index contributed by atoms with van der Waals surface area (Å²) in [5, 5.41) is 0. The van der Waals surface area contributed by atoms with Crippen LogP contribution in [0.1, 0.15) is 43.9 Å². The van der Waals surface area contributed by atoms with E-state index in [-0.39, 0.29) is 0 Å². The normalized spacial score (nSPS) is 23.7. The van der Waals surface area contributed by atoms with E-state index >= 15 is 0 Å². The average Bonchev–Trinajstić information content (AvgIpc) is 2.95. The van der Waals surface area contributed by atoms with E-state index in [1.54, 1.807) is 0 Å². The SMILES string of the molecule is CCc1nc(CN2CCC([C@H](C)N3CCN(C)CC3)CC2)c(C)[nH]1. The Hall–Kier alpha value is -0.910. The highest BCUT2D eigenvalue weighted by Crippen LogP contribution is 2.25. The van der Waals surface area contributed by atoms with Crippen LogP contribution >= 0.6 is 0 Å². The Morgan fingerprint density at radius 1 is 1.12 bits per heavy atom. The molecule has 3 heterocycles. The maximum absolute atomic E-state index is 4.75. The van der Waals surface area contributed by atoms with Crippen molar-refractivity contribution in [1.29, 1.82) is 0 Å². The number of hydrogen-bond acceptors (Lipinski definition) is 4. The number of aromatic nitrogens is 2. The van der Waals surface area contributed by atoms with Gasteiger partial charge in [-0.2, -0.15) is 0 Å². The summed E-state index contributed by atoms with van der Waals surface area (Å²) < 4.78 is 0. The van der Waals surface area contributed by atoms with E-state index in [2.05, 4.69) is 47.5 Å². The number of likely N-dealkylation sites (N-methyl/N-ethyl adjacent to an activating group) is 1. The lowest BCUT2D eigenvalue weighted by molar-refractivity contribution is 0.0596. The molecule has 2 fully saturated rings. The molecule has 2 saturated heterocycles. The first-order valence-corrected chi connectivity index (χ1v) is 9.76. The molecule has 24 heavy (non-hydrogen) atoms. The van der Waals surface area contributed by atoms with Gasteiger partial charge in [0, 0.05) is 50.9 Å². The first-order chi connectivity index (χ1) is 11.6. The maximum atomic E-state index is 4.75. The van der Waals surface area contributed by atoms with Crippen molar-refractivity contribution >= 4 is 0 Å². The predicted octanol–water partition coefficient (Wildman–Crippen LogP) is 2.13. The van der Waals surface area contributed by atoms with Gasteiger partial charge in [0.25, 0.3) is 0 Å². The number of rotatable bonds is 5. The zero-order valence-corrected chi connectivity index (χ0v) is 16.0. The average molecular weight is 334 g/mol. The van der Waals surface area contributed by atoms with Gasteiger partial charge >= 0.3 is 0 Å². The molecule has 136 valence electrons. The molecule has 0 bridgehead atoms. The molecule has 1 N–H and O–H groups in total. The zero-order valence-electron chi connectivity index (χ0n) is 16.0. The van der Waals surface area contributed by atoms with Crippen LogP contribution in [0.4, 0.5) is 0 Å². The van der Waals surface area contributed by atoms with Crippen LogP contribution in [0.2, 0.25) is 0 Å². The second-order valence-corrected chi connectivity index (χ2v) is 7.80. The maximum Gasteiger partial charge on any atom is 0.106 e. The van der Waals surface area contributed by atoms with Crippen molar-refractivity contribution in [1.82, 2.24) is 24.7 Å². The minimum Gasteiger partial charge on any atom is -0.346 e. The molecule has 0 aromatic carbocycles. The highest BCUT2D eigenvalue weighted by Gasteiger charge is 2.29. The largest absolute Gasteiger partial charge is 0.346 e. The van der Waals surface area contributed by atoms with E-state index in [1.165, 1.54) is 63.5 Å². The van der Waals surface area contributed by atoms with Crippen LogP contribution in [0.5, 0.6) is 0 Å². The van der Waals surface area contributed by atoms with Gasteiger partial charge in [0.1, 0.15) is 5.82 Å². The molecule has 5 heteroatoms. The van der Waals surface area contributed by atoms with E-state index in [4.69, 9.17) is 4.98 Å². The van der Waals surface area contributed by atoms with Crippen LogP contribution in [-0.2, 0) is 13.0 Å². The van der Waals surface area contributed by atoms with Crippen molar-refractivity contribution in [3.8, 4) is 0 Å². The Labute approximate surface area is 147 Å². The third-order valence-electron chi connectivity index (χ3n) is 6.17. The van der Waals surface area contributed by atoms with E-state index in [0.717, 1.165) is 30.7 Å². The van der Waals surface area contributed by atoms with Crippen LogP contribution in [0, 0.1) is 12.8 Å². The van der Waals surface area contributed by atoms with E-state index in [0.29, 0.717) is 0 Å². The predicted molar refractivity (Wildman–Crippen MR) is 99.2 cm³/mol. The number of likely N-dealkylation sites (tertiary alicyclic amines) is 1. The number of piperidine rings is 1. The lowest BCUT2D eigenvalue weighted by Gasteiger charge is -2.42. The van der Waals surface area contributed by atoms with Crippen molar-refractivity contribution < 1.29 is 0 Å². The third-order valence-corrected chi connectivity index (χ3v) is 6.17. The fraction of sp³-hybridized carbons (Fsp3) is 0.842. The third kappa shape index (κ3) is 4.19. The standard InChI is InChI=1S/C19H35N5/c1-5-19-20-15(2)18(21-19)14-23-8-6-17(7-9-23)16(3)24-12-10-22(4)11-13-24/h16-17H,5-14H2,1-4H3,(H,20,21)/t16-/m0/s1. The number of aromatic amines is 1. The smallest absolute Gasteiger partial charge is 0.106 e. The van der Waals surface area contributed by atoms with E-state index < -0.39 is 0 Å². The van der Waals surface area contributed by atoms with Gasteiger partial charge < -0.3 is 9.88 Å². The van der Waals surface area contributed by atoms with Gasteiger partial charge in [-0.1, -0.05) is 6.92 Å². The van der Waals surface area contributed by atoms with Crippen LogP contribution in [0.25, 0.3) is 0 Å². The van der Waals surface area contributed by atoms with Crippen molar-refractivity contribution in [2.75, 3.05) is 46.3 Å². The molecule has 2 aliphatic rings. The highest BCUT2D eigenvalue weighted by molar-refractivity contribution is 5.13. The minimum atomic E-state index is 0.736. The summed E-state index contributed by atoms with van der Waals surface area (Å²) in [6, 6.07) is 0.736. The second kappa shape index (κ2) is 7.98. The number of H-pyrrole nitrogens is 1. The lowest BCUT2D eigenvalue weighted by Crippen LogP contribution is -2.51. The molecule has 0 unspecified atom stereocenters. The quantitative estimate of drug-likeness (QED) is 0.896. The van der Waals surface area contributed by atoms with Crippen LogP contribution in [0.15, 0.2) is 0 Å². The molecule has 0 saturated carbocycles. The zero-order chi connectivity index (χ0) is 17.1. The molecule has 0 spiro atoms. The summed E-state index contributed by atoms with van der Waals surface area (Å²) in [5.41, 5.74) is 2.50. The van der Waals surface area contributed by atoms with Gasteiger partial charge in [-0.05, 0) is 52.7 Å². The number of hydrogen-bond donors (Lipinski definition) is 1. The van der Waals surface area contributed by atoms with Crippen LogP contribution < -0.4 is 0 Å². The van der Waals surface area contributed by atoms with Gasteiger partial charge in [-0.15, -0.1) is 0 Å². The molecule has 2 aliphatic heterocycles. The van der Waals surface area contributed by atoms with Gasteiger partial charge in [0.05, 0.1) is 5.69 Å². The van der Waals surface area contributed by atoms with Crippen molar-refractivity contribution in [2.45, 2.75) is 52.6 Å². The van der Waals surface area contributed by atoms with Crippen LogP contribution in [0.3, 0.4) is 0 Å². The topological polar surface area (TPSA) is 38.4 Å². The number of imidazole rings is 1. The van der Waals surface area contributed by atoms with Crippen molar-refractivity contribution in [3.05, 3.63) is 17.2 Å². The fourth-order valence-electron chi connectivity index (χ4n) is 4.22. The highest BCUT2D eigenvalue weighted by atomic mass is 15.3. The van der Waals surface area contributed by atoms with Gasteiger partial charge in [0.15, 0.2) is 0 Å². The van der Waals surface area contributed by atoms with E-state index in [1.807, 2.05) is 0 Å². The molecule has 0 radical (unpaired) electrons. The molecule has 0 amide bonds. The number of aryl methyl sites for hydroxylation is 2. The molecule has 5 nitrogen and oxygen atoms in total. The number of piperazine rings is 1. The first kappa shape index (κ1) is 17.9. The molecule has 1 aromatic rings. The summed E-state index contributed by atoms with van der Waals surface area (Å²) in [4.78, 5) is 15.9. The Balaban J connectivity index is 1.47. The Morgan fingerprint density at radius 3 is 2.38 bits per heavy atom. The lowest BCUT2D eigenvalue weighted by atomic mass is 9.89. The Morgan fingerprint density at radius 2 is 1.79 bits per heavy atom. The van der Waals surface area contributed by atoms with Gasteiger partial charge in [-0.3, -0.25) is 9.80 Å². The summed E-state index contributed by atoms with van der Waals surface area (Å²) in [6.07, 6.45) is 3.65. The number of nitrogens with one attached hydrogen (secondary N) is 1. The molecule has 0 aliphatic carbocycles. The number of nitrogens with zero attached hydrogens (tertiary/aromatic N) is 4. The fourth-order valence-corrected chi connectivity index (χ4v) is 4.22. The van der Waals surface area contributed by atoms with E-state index in [9.17, 15) is 0 Å². The summed E-state index contributed by atoms with van der Waals surface area (Å²) in [5.74, 6) is 1.98. The van der Waals surface area contributed by atoms with Crippen molar-refractivity contribution in [2.24, 2.45) is 5.92 Å². The van der Waals surface area contributed by atoms with Gasteiger partial charge in [-0.25, -0.2) is 4.98 Å². The summed E-state index contributed by atoms with van der Waals surface area (Å²) in [6.45, 7) is 15.1. The molecule has 3 rings (SSSR count). The Bertz CT molecular complexity index is 510. The Kier molecular flexibility index (Phi) is 5.95. The monoisotopic (exact) mass is 333 g/mol. The summed E-state index contributed by atoms with van der Waals surface area (Å²) >= 11 is 0. The molecule has 1 aromatic heterocycles. The molecular formula is C19H35N5. The van der Waals surface area contributed by atoms with Crippen LogP contribution in [-0.4, -0.2) is 77.0 Å². The second-order valence-electron chi connectivity index (χ2n) is 7.80. The summed E-state index contributed by atoms with van der Waals surface area (Å²) in [7, 11) is 2.24. The van der Waals surface area contributed by atoms with Gasteiger partial charge in [0.2, 0.25) is 0 Å². The first-order valence-electron chi connectivity index (χ1n) is 9.76. The molecule has 1 atom stereocenters. The minimum absolute atomic E-state index is 0.736. The molecular weight excluding hydrogens is 298 g/mol. The van der Waals surface area contributed by atoms with Crippen molar-refractivity contribution in [3.63, 3.8) is 0 Å².